The van der Waals surface area contributed by atoms with Gasteiger partial charge < -0.3 is 4.90 Å². The molecule has 3 aromatic carbocycles. The van der Waals surface area contributed by atoms with Crippen molar-refractivity contribution in [2.45, 2.75) is 10.9 Å². The number of carbonyl (C=O) groups excluding carboxylic acids is 2. The number of rotatable bonds is 6. The van der Waals surface area contributed by atoms with Crippen LogP contribution in [-0.4, -0.2) is 68.1 Å². The normalized spacial score (nSPS) is 18.9. The van der Waals surface area contributed by atoms with Gasteiger partial charge in [0, 0.05) is 31.7 Å². The Morgan fingerprint density at radius 1 is 0.794 bits per heavy atom. The summed E-state index contributed by atoms with van der Waals surface area (Å²) in [6.45, 7) is 1.53. The van der Waals surface area contributed by atoms with Gasteiger partial charge in [0.15, 0.2) is 9.84 Å². The first-order valence-corrected chi connectivity index (χ1v) is 12.9. The van der Waals surface area contributed by atoms with E-state index in [2.05, 4.69) is 0 Å². The Morgan fingerprint density at radius 2 is 1.44 bits per heavy atom. The molecule has 0 radical (unpaired) electrons. The first kappa shape index (κ1) is 22.3. The fraction of sp³-hybridized carbons (Fsp3) is 0.231. The second kappa shape index (κ2) is 9.04. The number of fused-ring (bicyclic) bond motifs is 1. The zero-order valence-corrected chi connectivity index (χ0v) is 19.4. The molecule has 0 N–H and O–H groups in total. The summed E-state index contributed by atoms with van der Waals surface area (Å²) in [6.07, 6.45) is 0. The standard InChI is InChI=1S/C26H25N3O4S/c30-25-24-19-27(17-18-34(32,33)21-11-5-2-6-12-21)15-16-28(24)26(31)29(25)23-14-8-7-13-22(23)20-9-3-1-4-10-20/h1-14,24H,15-19H2. The van der Waals surface area contributed by atoms with Crippen LogP contribution in [0.15, 0.2) is 89.8 Å². The van der Waals surface area contributed by atoms with Crippen LogP contribution in [0.4, 0.5) is 10.5 Å². The van der Waals surface area contributed by atoms with Crippen molar-refractivity contribution in [2.75, 3.05) is 36.8 Å². The van der Waals surface area contributed by atoms with E-state index in [-0.39, 0.29) is 17.7 Å². The fourth-order valence-electron chi connectivity index (χ4n) is 4.60. The van der Waals surface area contributed by atoms with Crippen molar-refractivity contribution in [1.29, 1.82) is 0 Å². The van der Waals surface area contributed by atoms with Crippen LogP contribution in [0.2, 0.25) is 0 Å². The lowest BCUT2D eigenvalue weighted by Crippen LogP contribution is -2.53. The number of nitrogens with zero attached hydrogens (tertiary/aromatic N) is 3. The van der Waals surface area contributed by atoms with Gasteiger partial charge in [-0.25, -0.2) is 18.1 Å². The van der Waals surface area contributed by atoms with E-state index in [9.17, 15) is 18.0 Å². The molecule has 5 rings (SSSR count). The van der Waals surface area contributed by atoms with E-state index in [0.717, 1.165) is 11.1 Å². The van der Waals surface area contributed by atoms with E-state index < -0.39 is 15.9 Å². The predicted molar refractivity (Wildman–Crippen MR) is 130 cm³/mol. The van der Waals surface area contributed by atoms with Gasteiger partial charge in [-0.1, -0.05) is 66.7 Å². The van der Waals surface area contributed by atoms with Crippen LogP contribution in [0.5, 0.6) is 0 Å². The van der Waals surface area contributed by atoms with Gasteiger partial charge in [0.25, 0.3) is 5.91 Å². The molecule has 7 nitrogen and oxygen atoms in total. The minimum atomic E-state index is -3.41. The monoisotopic (exact) mass is 475 g/mol. The van der Waals surface area contributed by atoms with E-state index in [1.165, 1.54) is 4.90 Å². The molecular weight excluding hydrogens is 450 g/mol. The Hall–Kier alpha value is -3.49. The third kappa shape index (κ3) is 4.10. The van der Waals surface area contributed by atoms with Gasteiger partial charge in [0.2, 0.25) is 0 Å². The number of para-hydroxylation sites is 1. The largest absolute Gasteiger partial charge is 0.332 e. The van der Waals surface area contributed by atoms with Crippen molar-refractivity contribution in [3.63, 3.8) is 0 Å². The van der Waals surface area contributed by atoms with Crippen molar-refractivity contribution in [1.82, 2.24) is 9.80 Å². The zero-order valence-electron chi connectivity index (χ0n) is 18.6. The molecule has 174 valence electrons. The summed E-state index contributed by atoms with van der Waals surface area (Å²) in [5, 5.41) is 0. The summed E-state index contributed by atoms with van der Waals surface area (Å²) in [4.78, 5) is 31.8. The van der Waals surface area contributed by atoms with Crippen LogP contribution in [0.25, 0.3) is 11.1 Å². The molecule has 1 unspecified atom stereocenters. The molecule has 0 aromatic heterocycles. The number of benzene rings is 3. The Kier molecular flexibility index (Phi) is 5.93. The first-order valence-electron chi connectivity index (χ1n) is 11.2. The van der Waals surface area contributed by atoms with Gasteiger partial charge in [0.1, 0.15) is 6.04 Å². The van der Waals surface area contributed by atoms with Crippen molar-refractivity contribution >= 4 is 27.5 Å². The highest BCUT2D eigenvalue weighted by Crippen LogP contribution is 2.35. The van der Waals surface area contributed by atoms with Gasteiger partial charge in [-0.05, 0) is 23.8 Å². The summed E-state index contributed by atoms with van der Waals surface area (Å²) < 4.78 is 25.3. The van der Waals surface area contributed by atoms with Crippen LogP contribution in [0.3, 0.4) is 0 Å². The van der Waals surface area contributed by atoms with Gasteiger partial charge >= 0.3 is 6.03 Å². The third-order valence-electron chi connectivity index (χ3n) is 6.42. The molecular formula is C26H25N3O4S. The van der Waals surface area contributed by atoms with E-state index in [1.807, 2.05) is 53.4 Å². The van der Waals surface area contributed by atoms with Gasteiger partial charge in [-0.2, -0.15) is 0 Å². The topological polar surface area (TPSA) is 78.0 Å². The van der Waals surface area contributed by atoms with Crippen LogP contribution in [-0.2, 0) is 14.6 Å². The van der Waals surface area contributed by atoms with E-state index >= 15 is 0 Å². The van der Waals surface area contributed by atoms with Crippen molar-refractivity contribution in [2.24, 2.45) is 0 Å². The molecule has 2 fully saturated rings. The Balaban J connectivity index is 1.33. The van der Waals surface area contributed by atoms with E-state index in [4.69, 9.17) is 0 Å². The number of imide groups is 1. The summed E-state index contributed by atoms with van der Waals surface area (Å²) >= 11 is 0. The molecule has 0 aliphatic carbocycles. The SMILES string of the molecule is O=C1C2CN(CCS(=O)(=O)c3ccccc3)CCN2C(=O)N1c1ccccc1-c1ccccc1. The summed E-state index contributed by atoms with van der Waals surface area (Å²) in [7, 11) is -3.41. The van der Waals surface area contributed by atoms with Crippen molar-refractivity contribution in [3.8, 4) is 11.1 Å². The van der Waals surface area contributed by atoms with Crippen LogP contribution in [0, 0.1) is 0 Å². The minimum absolute atomic E-state index is 0.0353. The maximum absolute atomic E-state index is 13.4. The average molecular weight is 476 g/mol. The average Bonchev–Trinajstić information content (AvgIpc) is 3.13. The summed E-state index contributed by atoms with van der Waals surface area (Å²) in [5.74, 6) is -0.309. The molecule has 2 aliphatic rings. The molecule has 1 atom stereocenters. The lowest BCUT2D eigenvalue weighted by molar-refractivity contribution is -0.121. The van der Waals surface area contributed by atoms with Crippen LogP contribution < -0.4 is 4.90 Å². The highest BCUT2D eigenvalue weighted by atomic mass is 32.2. The van der Waals surface area contributed by atoms with Gasteiger partial charge in [-0.3, -0.25) is 9.69 Å². The van der Waals surface area contributed by atoms with Gasteiger partial charge in [-0.15, -0.1) is 0 Å². The highest BCUT2D eigenvalue weighted by molar-refractivity contribution is 7.91. The third-order valence-corrected chi connectivity index (χ3v) is 8.13. The number of hydrogen-bond donors (Lipinski definition) is 0. The number of anilines is 1. The maximum Gasteiger partial charge on any atom is 0.332 e. The first-order chi connectivity index (χ1) is 16.5. The zero-order chi connectivity index (χ0) is 23.7. The van der Waals surface area contributed by atoms with Crippen LogP contribution in [0.1, 0.15) is 0 Å². The molecule has 3 amide bonds. The lowest BCUT2D eigenvalue weighted by atomic mass is 10.0. The smallest absolute Gasteiger partial charge is 0.309 e. The van der Waals surface area contributed by atoms with Crippen LogP contribution >= 0.6 is 0 Å². The number of amides is 3. The van der Waals surface area contributed by atoms with Gasteiger partial charge in [0.05, 0.1) is 16.3 Å². The van der Waals surface area contributed by atoms with Crippen molar-refractivity contribution in [3.05, 3.63) is 84.9 Å². The minimum Gasteiger partial charge on any atom is -0.309 e. The maximum atomic E-state index is 13.4. The second-order valence-electron chi connectivity index (χ2n) is 8.48. The molecule has 34 heavy (non-hydrogen) atoms. The Labute approximate surface area is 199 Å². The molecule has 0 spiro atoms. The molecule has 8 heteroatoms. The quantitative estimate of drug-likeness (QED) is 0.512. The molecule has 3 aromatic rings. The summed E-state index contributed by atoms with van der Waals surface area (Å²) in [5.41, 5.74) is 2.31. The number of hydrogen-bond acceptors (Lipinski definition) is 5. The molecule has 2 saturated heterocycles. The molecule has 2 aliphatic heterocycles. The second-order valence-corrected chi connectivity index (χ2v) is 10.6. The Bertz CT molecular complexity index is 1310. The van der Waals surface area contributed by atoms with E-state index in [1.54, 1.807) is 41.3 Å². The number of piperazine rings is 1. The molecule has 2 heterocycles. The predicted octanol–water partition coefficient (Wildman–Crippen LogP) is 3.28. The molecule has 0 saturated carbocycles. The van der Waals surface area contributed by atoms with E-state index in [0.29, 0.717) is 36.8 Å². The fourth-order valence-corrected chi connectivity index (χ4v) is 5.91. The number of carbonyl (C=O) groups is 2. The number of urea groups is 1. The Morgan fingerprint density at radius 3 is 2.18 bits per heavy atom. The summed E-state index contributed by atoms with van der Waals surface area (Å²) in [6, 6.07) is 24.5. The lowest BCUT2D eigenvalue weighted by Gasteiger charge is -2.35. The highest BCUT2D eigenvalue weighted by Gasteiger charge is 2.48. The molecule has 0 bridgehead atoms. The number of sulfone groups is 1. The van der Waals surface area contributed by atoms with Crippen molar-refractivity contribution < 1.29 is 18.0 Å².